The normalized spacial score (nSPS) is 40.9. The molecule has 1 aliphatic carbocycles. The first-order valence-corrected chi connectivity index (χ1v) is 6.19. The van der Waals surface area contributed by atoms with Gasteiger partial charge in [-0.3, -0.25) is 4.90 Å². The third kappa shape index (κ3) is 2.12. The van der Waals surface area contributed by atoms with Gasteiger partial charge < -0.3 is 5.32 Å². The molecular weight excluding hydrogens is 172 g/mol. The lowest BCUT2D eigenvalue weighted by atomic mass is 10.0. The maximum atomic E-state index is 3.52. The van der Waals surface area contributed by atoms with E-state index in [0.29, 0.717) is 6.04 Å². The third-order valence-electron chi connectivity index (χ3n) is 3.95. The maximum absolute atomic E-state index is 3.52. The van der Waals surface area contributed by atoms with E-state index in [1.54, 1.807) is 0 Å². The molecule has 2 heteroatoms. The monoisotopic (exact) mass is 196 g/mol. The van der Waals surface area contributed by atoms with Gasteiger partial charge in [-0.15, -0.1) is 0 Å². The molecule has 1 saturated carbocycles. The quantitative estimate of drug-likeness (QED) is 0.739. The lowest BCUT2D eigenvalue weighted by Gasteiger charge is -2.38. The molecule has 0 radical (unpaired) electrons. The summed E-state index contributed by atoms with van der Waals surface area (Å²) in [5.41, 5.74) is 0. The Morgan fingerprint density at radius 1 is 1.43 bits per heavy atom. The highest BCUT2D eigenvalue weighted by molar-refractivity contribution is 4.94. The Balaban J connectivity index is 1.90. The molecule has 0 aromatic heterocycles. The minimum absolute atomic E-state index is 0.687. The van der Waals surface area contributed by atoms with Crippen molar-refractivity contribution in [3.63, 3.8) is 0 Å². The first-order valence-electron chi connectivity index (χ1n) is 6.19. The number of piperazine rings is 1. The summed E-state index contributed by atoms with van der Waals surface area (Å²) >= 11 is 0. The minimum atomic E-state index is 0.687. The molecular formula is C12H24N2. The first-order chi connectivity index (χ1) is 6.72. The summed E-state index contributed by atoms with van der Waals surface area (Å²) in [5.74, 6) is 2.00. The summed E-state index contributed by atoms with van der Waals surface area (Å²) in [5, 5.41) is 3.52. The van der Waals surface area contributed by atoms with Crippen LogP contribution in [0, 0.1) is 11.8 Å². The van der Waals surface area contributed by atoms with E-state index in [1.807, 2.05) is 0 Å². The van der Waals surface area contributed by atoms with E-state index in [1.165, 1.54) is 32.5 Å². The summed E-state index contributed by atoms with van der Waals surface area (Å²) in [7, 11) is 0. The van der Waals surface area contributed by atoms with Crippen molar-refractivity contribution in [3.05, 3.63) is 0 Å². The zero-order valence-corrected chi connectivity index (χ0v) is 9.79. The van der Waals surface area contributed by atoms with Crippen LogP contribution in [0.15, 0.2) is 0 Å². The molecule has 2 nitrogen and oxygen atoms in total. The largest absolute Gasteiger partial charge is 0.312 e. The van der Waals surface area contributed by atoms with Gasteiger partial charge in [-0.05, 0) is 31.6 Å². The number of nitrogens with one attached hydrogen (secondary N) is 1. The lowest BCUT2D eigenvalue weighted by Crippen LogP contribution is -2.53. The molecule has 0 aromatic carbocycles. The van der Waals surface area contributed by atoms with Crippen LogP contribution in [-0.2, 0) is 0 Å². The Hall–Kier alpha value is -0.0800. The average molecular weight is 196 g/mol. The van der Waals surface area contributed by atoms with Gasteiger partial charge in [0, 0.05) is 31.7 Å². The van der Waals surface area contributed by atoms with Crippen molar-refractivity contribution >= 4 is 0 Å². The lowest BCUT2D eigenvalue weighted by molar-refractivity contribution is 0.126. The van der Waals surface area contributed by atoms with Crippen LogP contribution >= 0.6 is 0 Å². The molecule has 1 saturated heterocycles. The van der Waals surface area contributed by atoms with Crippen molar-refractivity contribution in [1.29, 1.82) is 0 Å². The van der Waals surface area contributed by atoms with Crippen LogP contribution in [0.5, 0.6) is 0 Å². The van der Waals surface area contributed by atoms with Gasteiger partial charge in [0.05, 0.1) is 0 Å². The van der Waals surface area contributed by atoms with Gasteiger partial charge in [0.15, 0.2) is 0 Å². The average Bonchev–Trinajstić information content (AvgIpc) is 2.84. The van der Waals surface area contributed by atoms with Crippen LogP contribution in [0.4, 0.5) is 0 Å². The van der Waals surface area contributed by atoms with Crippen LogP contribution in [0.1, 0.15) is 33.6 Å². The van der Waals surface area contributed by atoms with E-state index >= 15 is 0 Å². The smallest absolute Gasteiger partial charge is 0.0167 e. The van der Waals surface area contributed by atoms with Gasteiger partial charge in [0.1, 0.15) is 0 Å². The molecule has 0 spiro atoms. The Morgan fingerprint density at radius 2 is 2.14 bits per heavy atom. The molecule has 1 N–H and O–H groups in total. The zero-order chi connectivity index (χ0) is 10.1. The number of nitrogens with zero attached hydrogens (tertiary/aromatic N) is 1. The summed E-state index contributed by atoms with van der Waals surface area (Å²) in [6.07, 6.45) is 2.80. The van der Waals surface area contributed by atoms with Gasteiger partial charge in [0.25, 0.3) is 0 Å². The summed E-state index contributed by atoms with van der Waals surface area (Å²) in [4.78, 5) is 2.72. The van der Waals surface area contributed by atoms with Crippen LogP contribution in [0.25, 0.3) is 0 Å². The number of hydrogen-bond donors (Lipinski definition) is 1. The second-order valence-electron chi connectivity index (χ2n) is 5.20. The summed E-state index contributed by atoms with van der Waals surface area (Å²) < 4.78 is 0. The molecule has 0 bridgehead atoms. The van der Waals surface area contributed by atoms with Crippen molar-refractivity contribution in [2.24, 2.45) is 11.8 Å². The standard InChI is InChI=1S/C12H24N2/c1-4-12(11-7-9(11)2)14-6-5-13-10(3)8-14/h9-13H,4-8H2,1-3H3. The highest BCUT2D eigenvalue weighted by atomic mass is 15.2. The second kappa shape index (κ2) is 4.19. The zero-order valence-electron chi connectivity index (χ0n) is 9.79. The molecule has 1 heterocycles. The van der Waals surface area contributed by atoms with Crippen molar-refractivity contribution in [2.75, 3.05) is 19.6 Å². The molecule has 82 valence electrons. The fourth-order valence-corrected chi connectivity index (χ4v) is 2.98. The molecule has 2 rings (SSSR count). The van der Waals surface area contributed by atoms with E-state index in [2.05, 4.69) is 31.0 Å². The van der Waals surface area contributed by atoms with E-state index in [4.69, 9.17) is 0 Å². The molecule has 1 aliphatic heterocycles. The maximum Gasteiger partial charge on any atom is 0.0167 e. The van der Waals surface area contributed by atoms with Crippen LogP contribution in [0.2, 0.25) is 0 Å². The Kier molecular flexibility index (Phi) is 3.13. The summed E-state index contributed by atoms with van der Waals surface area (Å²) in [6.45, 7) is 10.7. The van der Waals surface area contributed by atoms with Gasteiger partial charge in [-0.2, -0.15) is 0 Å². The predicted molar refractivity (Wildman–Crippen MR) is 60.4 cm³/mol. The highest BCUT2D eigenvalue weighted by Crippen LogP contribution is 2.43. The minimum Gasteiger partial charge on any atom is -0.312 e. The van der Waals surface area contributed by atoms with Crippen LogP contribution in [0.3, 0.4) is 0 Å². The Labute approximate surface area is 88.1 Å². The van der Waals surface area contributed by atoms with Crippen LogP contribution < -0.4 is 5.32 Å². The molecule has 14 heavy (non-hydrogen) atoms. The molecule has 2 fully saturated rings. The second-order valence-corrected chi connectivity index (χ2v) is 5.20. The first kappa shape index (κ1) is 10.4. The van der Waals surface area contributed by atoms with Crippen molar-refractivity contribution in [3.8, 4) is 0 Å². The highest BCUT2D eigenvalue weighted by Gasteiger charge is 2.41. The predicted octanol–water partition coefficient (Wildman–Crippen LogP) is 1.71. The van der Waals surface area contributed by atoms with E-state index in [9.17, 15) is 0 Å². The van der Waals surface area contributed by atoms with Crippen molar-refractivity contribution < 1.29 is 0 Å². The molecule has 2 aliphatic rings. The van der Waals surface area contributed by atoms with E-state index in [0.717, 1.165) is 17.9 Å². The molecule has 0 aromatic rings. The fraction of sp³-hybridized carbons (Fsp3) is 1.00. The third-order valence-corrected chi connectivity index (χ3v) is 3.95. The SMILES string of the molecule is CCC(C1CC1C)N1CCNC(C)C1. The number of rotatable bonds is 3. The number of hydrogen-bond acceptors (Lipinski definition) is 2. The topological polar surface area (TPSA) is 15.3 Å². The van der Waals surface area contributed by atoms with Crippen molar-refractivity contribution in [1.82, 2.24) is 10.2 Å². The molecule has 0 amide bonds. The molecule has 4 unspecified atom stereocenters. The van der Waals surface area contributed by atoms with Crippen molar-refractivity contribution in [2.45, 2.75) is 45.7 Å². The van der Waals surface area contributed by atoms with Gasteiger partial charge >= 0.3 is 0 Å². The van der Waals surface area contributed by atoms with Crippen LogP contribution in [-0.4, -0.2) is 36.6 Å². The fourth-order valence-electron chi connectivity index (χ4n) is 2.98. The van der Waals surface area contributed by atoms with E-state index < -0.39 is 0 Å². The van der Waals surface area contributed by atoms with E-state index in [-0.39, 0.29) is 0 Å². The van der Waals surface area contributed by atoms with Gasteiger partial charge in [-0.25, -0.2) is 0 Å². The Bertz CT molecular complexity index is 193. The molecule has 4 atom stereocenters. The summed E-state index contributed by atoms with van der Waals surface area (Å²) in [6, 6.07) is 1.56. The van der Waals surface area contributed by atoms with Gasteiger partial charge in [0.2, 0.25) is 0 Å². The Morgan fingerprint density at radius 3 is 2.64 bits per heavy atom. The van der Waals surface area contributed by atoms with Gasteiger partial charge in [-0.1, -0.05) is 13.8 Å².